The number of hydrogen-bond donors (Lipinski definition) is 1. The van der Waals surface area contributed by atoms with Crippen LogP contribution < -0.4 is 5.32 Å². The lowest BCUT2D eigenvalue weighted by Crippen LogP contribution is -2.27. The Morgan fingerprint density at radius 1 is 1.42 bits per heavy atom. The first-order chi connectivity index (χ1) is 5.85. The van der Waals surface area contributed by atoms with Gasteiger partial charge in [-0.05, 0) is 32.6 Å². The first-order valence-electron chi connectivity index (χ1n) is 4.89. The maximum atomic E-state index is 3.74. The molecule has 0 aromatic heterocycles. The Kier molecular flexibility index (Phi) is 8.51. The van der Waals surface area contributed by atoms with E-state index in [9.17, 15) is 0 Å². The number of hydrogen-bond acceptors (Lipinski definition) is 2. The highest BCUT2D eigenvalue weighted by molar-refractivity contribution is 4.72. The second-order valence-corrected chi connectivity index (χ2v) is 2.89. The summed E-state index contributed by atoms with van der Waals surface area (Å²) in [5.74, 6) is 0. The smallest absolute Gasteiger partial charge is 0.0160 e. The van der Waals surface area contributed by atoms with E-state index < -0.39 is 0 Å². The third kappa shape index (κ3) is 6.38. The molecular weight excluding hydrogens is 148 g/mol. The summed E-state index contributed by atoms with van der Waals surface area (Å²) < 4.78 is 0. The summed E-state index contributed by atoms with van der Waals surface area (Å²) in [5.41, 5.74) is 0. The van der Waals surface area contributed by atoms with E-state index in [4.69, 9.17) is 0 Å². The molecule has 0 aromatic carbocycles. The average molecular weight is 170 g/mol. The monoisotopic (exact) mass is 170 g/mol. The van der Waals surface area contributed by atoms with E-state index >= 15 is 0 Å². The molecule has 0 spiro atoms. The molecule has 0 radical (unpaired) electrons. The number of nitrogens with one attached hydrogen (secondary N) is 1. The molecule has 0 aliphatic rings. The lowest BCUT2D eigenvalue weighted by molar-refractivity contribution is 0.313. The molecule has 0 rings (SSSR count). The first-order valence-corrected chi connectivity index (χ1v) is 4.89. The molecule has 12 heavy (non-hydrogen) atoms. The van der Waals surface area contributed by atoms with E-state index in [-0.39, 0.29) is 0 Å². The third-order valence-corrected chi connectivity index (χ3v) is 1.91. The Balaban J connectivity index is 3.25. The minimum Gasteiger partial charge on any atom is -0.317 e. The Morgan fingerprint density at radius 2 is 2.17 bits per heavy atom. The summed E-state index contributed by atoms with van der Waals surface area (Å²) in [6, 6.07) is 0. The number of nitrogens with zero attached hydrogens (tertiary/aromatic N) is 1. The van der Waals surface area contributed by atoms with E-state index in [1.807, 2.05) is 6.08 Å². The van der Waals surface area contributed by atoms with Crippen LogP contribution in [0.25, 0.3) is 0 Å². The largest absolute Gasteiger partial charge is 0.317 e. The van der Waals surface area contributed by atoms with Gasteiger partial charge in [0.15, 0.2) is 0 Å². The van der Waals surface area contributed by atoms with Crippen LogP contribution in [-0.4, -0.2) is 37.6 Å². The molecule has 0 aliphatic carbocycles. The second-order valence-electron chi connectivity index (χ2n) is 2.89. The quantitative estimate of drug-likeness (QED) is 0.438. The van der Waals surface area contributed by atoms with Crippen molar-refractivity contribution in [1.82, 2.24) is 10.2 Å². The molecule has 0 fully saturated rings. The van der Waals surface area contributed by atoms with Gasteiger partial charge in [0.05, 0.1) is 0 Å². The molecule has 0 saturated carbocycles. The number of rotatable bonds is 8. The van der Waals surface area contributed by atoms with Gasteiger partial charge in [0.1, 0.15) is 0 Å². The minimum absolute atomic E-state index is 1.02. The Labute approximate surface area is 76.6 Å². The van der Waals surface area contributed by atoms with Crippen molar-refractivity contribution in [2.45, 2.75) is 20.3 Å². The van der Waals surface area contributed by atoms with Crippen LogP contribution in [0.2, 0.25) is 0 Å². The van der Waals surface area contributed by atoms with Crippen LogP contribution in [0.5, 0.6) is 0 Å². The van der Waals surface area contributed by atoms with Gasteiger partial charge < -0.3 is 5.32 Å². The zero-order valence-corrected chi connectivity index (χ0v) is 8.47. The summed E-state index contributed by atoms with van der Waals surface area (Å²) in [5, 5.41) is 3.32. The van der Waals surface area contributed by atoms with E-state index in [1.54, 1.807) is 0 Å². The second kappa shape index (κ2) is 8.75. The molecule has 0 saturated heterocycles. The minimum atomic E-state index is 1.02. The van der Waals surface area contributed by atoms with Crippen LogP contribution in [-0.2, 0) is 0 Å². The molecule has 2 heteroatoms. The van der Waals surface area contributed by atoms with Gasteiger partial charge in [-0.1, -0.05) is 19.9 Å². The fourth-order valence-electron chi connectivity index (χ4n) is 1.17. The molecule has 0 bridgehead atoms. The molecule has 72 valence electrons. The molecule has 0 atom stereocenters. The highest BCUT2D eigenvalue weighted by Gasteiger charge is 1.97. The third-order valence-electron chi connectivity index (χ3n) is 1.91. The van der Waals surface area contributed by atoms with E-state index in [0.717, 1.165) is 26.2 Å². The normalized spacial score (nSPS) is 10.6. The zero-order valence-electron chi connectivity index (χ0n) is 8.47. The van der Waals surface area contributed by atoms with Crippen LogP contribution in [0, 0.1) is 0 Å². The fourth-order valence-corrected chi connectivity index (χ4v) is 1.17. The molecule has 2 nitrogen and oxygen atoms in total. The summed E-state index contributed by atoms with van der Waals surface area (Å²) in [7, 11) is 0. The summed E-state index contributed by atoms with van der Waals surface area (Å²) >= 11 is 0. The Bertz CT molecular complexity index is 102. The molecular formula is C10H22N2. The molecule has 0 aromatic rings. The van der Waals surface area contributed by atoms with Crippen LogP contribution in [0.4, 0.5) is 0 Å². The molecule has 0 aliphatic heterocycles. The van der Waals surface area contributed by atoms with Gasteiger partial charge in [0.25, 0.3) is 0 Å². The van der Waals surface area contributed by atoms with Gasteiger partial charge in [-0.2, -0.15) is 0 Å². The van der Waals surface area contributed by atoms with E-state index in [1.165, 1.54) is 13.0 Å². The molecule has 0 heterocycles. The van der Waals surface area contributed by atoms with Gasteiger partial charge in [-0.15, -0.1) is 6.58 Å². The van der Waals surface area contributed by atoms with Crippen molar-refractivity contribution in [1.29, 1.82) is 0 Å². The lowest BCUT2D eigenvalue weighted by Gasteiger charge is -2.17. The summed E-state index contributed by atoms with van der Waals surface area (Å²) in [6.45, 7) is 13.6. The van der Waals surface area contributed by atoms with Crippen molar-refractivity contribution in [3.05, 3.63) is 12.7 Å². The Hall–Kier alpha value is -0.340. The van der Waals surface area contributed by atoms with Gasteiger partial charge in [0.2, 0.25) is 0 Å². The van der Waals surface area contributed by atoms with Gasteiger partial charge in [-0.25, -0.2) is 0 Å². The van der Waals surface area contributed by atoms with Crippen molar-refractivity contribution in [3.63, 3.8) is 0 Å². The first kappa shape index (κ1) is 11.7. The van der Waals surface area contributed by atoms with Crippen molar-refractivity contribution in [3.8, 4) is 0 Å². The SMILES string of the molecule is C=CCN(CC)CCCNCC. The van der Waals surface area contributed by atoms with E-state index in [2.05, 4.69) is 30.6 Å². The fraction of sp³-hybridized carbons (Fsp3) is 0.800. The van der Waals surface area contributed by atoms with Crippen LogP contribution in [0.15, 0.2) is 12.7 Å². The maximum absolute atomic E-state index is 3.74. The zero-order chi connectivity index (χ0) is 9.23. The summed E-state index contributed by atoms with van der Waals surface area (Å²) in [6.07, 6.45) is 3.20. The van der Waals surface area contributed by atoms with E-state index in [0.29, 0.717) is 0 Å². The van der Waals surface area contributed by atoms with Crippen molar-refractivity contribution in [2.24, 2.45) is 0 Å². The highest BCUT2D eigenvalue weighted by Crippen LogP contribution is 1.90. The van der Waals surface area contributed by atoms with Crippen LogP contribution >= 0.6 is 0 Å². The molecule has 0 amide bonds. The van der Waals surface area contributed by atoms with Gasteiger partial charge >= 0.3 is 0 Å². The van der Waals surface area contributed by atoms with Crippen molar-refractivity contribution < 1.29 is 0 Å². The Morgan fingerprint density at radius 3 is 2.67 bits per heavy atom. The van der Waals surface area contributed by atoms with Crippen LogP contribution in [0.3, 0.4) is 0 Å². The van der Waals surface area contributed by atoms with Crippen molar-refractivity contribution in [2.75, 3.05) is 32.7 Å². The van der Waals surface area contributed by atoms with Gasteiger partial charge in [-0.3, -0.25) is 4.90 Å². The lowest BCUT2D eigenvalue weighted by atomic mass is 10.3. The standard InChI is InChI=1S/C10H22N2/c1-4-9-12(6-3)10-7-8-11-5-2/h4,11H,1,5-10H2,2-3H3. The molecule has 0 unspecified atom stereocenters. The van der Waals surface area contributed by atoms with Crippen LogP contribution in [0.1, 0.15) is 20.3 Å². The highest BCUT2D eigenvalue weighted by atomic mass is 15.1. The number of likely N-dealkylation sites (N-methyl/N-ethyl adjacent to an activating group) is 1. The molecule has 1 N–H and O–H groups in total. The average Bonchev–Trinajstić information content (AvgIpc) is 2.10. The van der Waals surface area contributed by atoms with Gasteiger partial charge in [0, 0.05) is 6.54 Å². The van der Waals surface area contributed by atoms with Crippen molar-refractivity contribution >= 4 is 0 Å². The summed E-state index contributed by atoms with van der Waals surface area (Å²) in [4.78, 5) is 2.39. The predicted octanol–water partition coefficient (Wildman–Crippen LogP) is 1.49. The topological polar surface area (TPSA) is 15.3 Å². The maximum Gasteiger partial charge on any atom is 0.0160 e. The predicted molar refractivity (Wildman–Crippen MR) is 55.5 cm³/mol.